The summed E-state index contributed by atoms with van der Waals surface area (Å²) in [6, 6.07) is 7.69. The highest BCUT2D eigenvalue weighted by Gasteiger charge is 2.20. The summed E-state index contributed by atoms with van der Waals surface area (Å²) in [6.07, 6.45) is 0.824. The fourth-order valence-corrected chi connectivity index (χ4v) is 1.94. The largest absolute Gasteiger partial charge is 0.476 e. The van der Waals surface area contributed by atoms with Gasteiger partial charge >= 0.3 is 5.97 Å². The number of aryl methyl sites for hydroxylation is 1. The molecule has 1 aromatic carbocycles. The summed E-state index contributed by atoms with van der Waals surface area (Å²) in [5.41, 5.74) is 2.27. The van der Waals surface area contributed by atoms with Gasteiger partial charge in [-0.1, -0.05) is 30.3 Å². The molecule has 2 aromatic rings. The van der Waals surface area contributed by atoms with Gasteiger partial charge < -0.3 is 9.84 Å². The van der Waals surface area contributed by atoms with Gasteiger partial charge in [0.25, 0.3) is 0 Å². The normalized spacial score (nSPS) is 10.6. The van der Waals surface area contributed by atoms with Gasteiger partial charge in [0.05, 0.1) is 12.3 Å². The Morgan fingerprint density at radius 2 is 2.16 bits per heavy atom. The minimum absolute atomic E-state index is 0.0762. The molecule has 0 aliphatic heterocycles. The lowest BCUT2D eigenvalue weighted by molar-refractivity contribution is 0.0685. The molecule has 6 heteroatoms. The van der Waals surface area contributed by atoms with Gasteiger partial charge in [0, 0.05) is 7.11 Å². The van der Waals surface area contributed by atoms with Crippen LogP contribution in [-0.2, 0) is 17.8 Å². The number of ether oxygens (including phenoxy) is 1. The molecule has 19 heavy (non-hydrogen) atoms. The van der Waals surface area contributed by atoms with Crippen LogP contribution in [0.2, 0.25) is 0 Å². The van der Waals surface area contributed by atoms with Gasteiger partial charge in [-0.25, -0.2) is 9.48 Å². The number of benzene rings is 1. The van der Waals surface area contributed by atoms with Crippen molar-refractivity contribution in [3.8, 4) is 5.69 Å². The standard InChI is InChI=1S/C13H15N3O3/c1-3-9-6-4-5-7-10(9)16-11(8-19-2)12(13(17)18)14-15-16/h4-7H,3,8H2,1-2H3,(H,17,18). The molecule has 0 amide bonds. The van der Waals surface area contributed by atoms with Crippen LogP contribution in [0.4, 0.5) is 0 Å². The van der Waals surface area contributed by atoms with Gasteiger partial charge in [0.2, 0.25) is 0 Å². The quantitative estimate of drug-likeness (QED) is 0.886. The molecule has 0 fully saturated rings. The molecule has 0 bridgehead atoms. The topological polar surface area (TPSA) is 77.2 Å². The number of carbonyl (C=O) groups is 1. The number of hydrogen-bond donors (Lipinski definition) is 1. The van der Waals surface area contributed by atoms with E-state index in [2.05, 4.69) is 10.3 Å². The molecule has 0 radical (unpaired) electrons. The van der Waals surface area contributed by atoms with Crippen LogP contribution in [0.5, 0.6) is 0 Å². The van der Waals surface area contributed by atoms with Crippen molar-refractivity contribution in [1.29, 1.82) is 0 Å². The maximum atomic E-state index is 11.1. The van der Waals surface area contributed by atoms with Crippen molar-refractivity contribution in [2.24, 2.45) is 0 Å². The predicted molar refractivity (Wildman–Crippen MR) is 68.4 cm³/mol. The first-order chi connectivity index (χ1) is 9.19. The molecule has 0 aliphatic carbocycles. The SMILES string of the molecule is CCc1ccccc1-n1nnc(C(=O)O)c1COC. The van der Waals surface area contributed by atoms with Crippen molar-refractivity contribution < 1.29 is 14.6 Å². The summed E-state index contributed by atoms with van der Waals surface area (Å²) in [7, 11) is 1.51. The number of aromatic carboxylic acids is 1. The lowest BCUT2D eigenvalue weighted by atomic mass is 10.1. The first-order valence-electron chi connectivity index (χ1n) is 5.94. The van der Waals surface area contributed by atoms with Crippen LogP contribution in [0.25, 0.3) is 5.69 Å². The van der Waals surface area contributed by atoms with Gasteiger partial charge in [-0.3, -0.25) is 0 Å². The molecule has 0 atom stereocenters. The first-order valence-corrected chi connectivity index (χ1v) is 5.94. The smallest absolute Gasteiger partial charge is 0.358 e. The second-order valence-electron chi connectivity index (χ2n) is 4.02. The highest BCUT2D eigenvalue weighted by atomic mass is 16.5. The second kappa shape index (κ2) is 5.62. The second-order valence-corrected chi connectivity index (χ2v) is 4.02. The Labute approximate surface area is 110 Å². The third-order valence-electron chi connectivity index (χ3n) is 2.85. The molecule has 1 N–H and O–H groups in total. The van der Waals surface area contributed by atoms with Crippen LogP contribution < -0.4 is 0 Å². The van der Waals surface area contributed by atoms with Crippen LogP contribution in [0.3, 0.4) is 0 Å². The molecule has 2 rings (SSSR count). The van der Waals surface area contributed by atoms with Gasteiger partial charge in [0.15, 0.2) is 5.69 Å². The van der Waals surface area contributed by atoms with E-state index in [9.17, 15) is 4.79 Å². The van der Waals surface area contributed by atoms with Crippen LogP contribution in [0, 0.1) is 0 Å². The van der Waals surface area contributed by atoms with Crippen molar-refractivity contribution in [2.45, 2.75) is 20.0 Å². The van der Waals surface area contributed by atoms with Crippen molar-refractivity contribution in [1.82, 2.24) is 15.0 Å². The average molecular weight is 261 g/mol. The molecule has 1 aromatic heterocycles. The monoisotopic (exact) mass is 261 g/mol. The Kier molecular flexibility index (Phi) is 3.91. The number of carboxylic acids is 1. The highest BCUT2D eigenvalue weighted by Crippen LogP contribution is 2.18. The minimum atomic E-state index is -1.10. The van der Waals surface area contributed by atoms with E-state index in [4.69, 9.17) is 9.84 Å². The Hall–Kier alpha value is -2.21. The maximum Gasteiger partial charge on any atom is 0.358 e. The van der Waals surface area contributed by atoms with Crippen LogP contribution in [0.1, 0.15) is 28.7 Å². The summed E-state index contributed by atoms with van der Waals surface area (Å²) < 4.78 is 6.58. The average Bonchev–Trinajstić information content (AvgIpc) is 2.83. The fraction of sp³-hybridized carbons (Fsp3) is 0.308. The van der Waals surface area contributed by atoms with Gasteiger partial charge in [-0.15, -0.1) is 5.10 Å². The minimum Gasteiger partial charge on any atom is -0.476 e. The van der Waals surface area contributed by atoms with Crippen LogP contribution in [0.15, 0.2) is 24.3 Å². The third kappa shape index (κ3) is 2.48. The zero-order valence-corrected chi connectivity index (χ0v) is 10.8. The van der Waals surface area contributed by atoms with E-state index in [1.165, 1.54) is 11.8 Å². The van der Waals surface area contributed by atoms with E-state index in [0.717, 1.165) is 17.7 Å². The summed E-state index contributed by atoms with van der Waals surface area (Å²) in [4.78, 5) is 11.1. The molecule has 1 heterocycles. The molecule has 0 spiro atoms. The number of rotatable bonds is 5. The number of methoxy groups -OCH3 is 1. The zero-order valence-electron chi connectivity index (χ0n) is 10.8. The Bertz CT molecular complexity index is 593. The van der Waals surface area contributed by atoms with Crippen LogP contribution in [-0.4, -0.2) is 33.2 Å². The van der Waals surface area contributed by atoms with Crippen molar-refractivity contribution >= 4 is 5.97 Å². The molecular weight excluding hydrogens is 246 g/mol. The molecule has 6 nitrogen and oxygen atoms in total. The summed E-state index contributed by atoms with van der Waals surface area (Å²) in [5, 5.41) is 16.8. The Morgan fingerprint density at radius 1 is 1.42 bits per heavy atom. The zero-order chi connectivity index (χ0) is 13.8. The predicted octanol–water partition coefficient (Wildman–Crippen LogP) is 1.67. The summed E-state index contributed by atoms with van der Waals surface area (Å²) in [5.74, 6) is -1.10. The molecule has 0 aliphatic rings. The Balaban J connectivity index is 2.58. The lowest BCUT2D eigenvalue weighted by Gasteiger charge is -2.10. The maximum absolute atomic E-state index is 11.1. The molecule has 100 valence electrons. The van der Waals surface area contributed by atoms with Crippen molar-refractivity contribution in [2.75, 3.05) is 7.11 Å². The third-order valence-corrected chi connectivity index (χ3v) is 2.85. The van der Waals surface area contributed by atoms with E-state index >= 15 is 0 Å². The van der Waals surface area contributed by atoms with E-state index in [1.807, 2.05) is 31.2 Å². The first kappa shape index (κ1) is 13.2. The fourth-order valence-electron chi connectivity index (χ4n) is 1.94. The number of hydrogen-bond acceptors (Lipinski definition) is 4. The summed E-state index contributed by atoms with van der Waals surface area (Å²) in [6.45, 7) is 2.18. The summed E-state index contributed by atoms with van der Waals surface area (Å²) >= 11 is 0. The van der Waals surface area contributed by atoms with E-state index in [-0.39, 0.29) is 12.3 Å². The number of nitrogens with zero attached hydrogens (tertiary/aromatic N) is 3. The molecule has 0 saturated heterocycles. The number of para-hydroxylation sites is 1. The Morgan fingerprint density at radius 3 is 2.79 bits per heavy atom. The van der Waals surface area contributed by atoms with Gasteiger partial charge in [-0.05, 0) is 18.1 Å². The molecular formula is C13H15N3O3. The molecule has 0 saturated carbocycles. The number of carboxylic acid groups (broad SMARTS) is 1. The van der Waals surface area contributed by atoms with Crippen molar-refractivity contribution in [3.05, 3.63) is 41.2 Å². The van der Waals surface area contributed by atoms with Crippen LogP contribution >= 0.6 is 0 Å². The van der Waals surface area contributed by atoms with Gasteiger partial charge in [0.1, 0.15) is 5.69 Å². The van der Waals surface area contributed by atoms with E-state index in [1.54, 1.807) is 0 Å². The van der Waals surface area contributed by atoms with Crippen molar-refractivity contribution in [3.63, 3.8) is 0 Å². The lowest BCUT2D eigenvalue weighted by Crippen LogP contribution is -2.09. The van der Waals surface area contributed by atoms with E-state index < -0.39 is 5.97 Å². The highest BCUT2D eigenvalue weighted by molar-refractivity contribution is 5.86. The van der Waals surface area contributed by atoms with Gasteiger partial charge in [-0.2, -0.15) is 0 Å². The molecule has 0 unspecified atom stereocenters. The van der Waals surface area contributed by atoms with E-state index in [0.29, 0.717) is 5.69 Å². The number of aromatic nitrogens is 3.